The second-order valence-corrected chi connectivity index (χ2v) is 11.6. The van der Waals surface area contributed by atoms with E-state index in [2.05, 4.69) is 168 Å². The van der Waals surface area contributed by atoms with Crippen molar-refractivity contribution >= 4 is 91.5 Å². The molecule has 0 amide bonds. The summed E-state index contributed by atoms with van der Waals surface area (Å²) in [5.41, 5.74) is 7.04. The van der Waals surface area contributed by atoms with Crippen LogP contribution in [0, 0.1) is 21.0 Å². The van der Waals surface area contributed by atoms with Crippen molar-refractivity contribution in [3.05, 3.63) is 150 Å². The minimum Gasteiger partial charge on any atom is -0.0795 e. The lowest BCUT2D eigenvalue weighted by molar-refractivity contribution is 1.47. The molecule has 0 spiro atoms. The number of benzene rings is 4. The van der Waals surface area contributed by atoms with Gasteiger partial charge in [-0.2, -0.15) is 0 Å². The van der Waals surface area contributed by atoms with Crippen LogP contribution in [0.1, 0.15) is 33.4 Å². The van der Waals surface area contributed by atoms with Crippen molar-refractivity contribution in [2.24, 2.45) is 0 Å². The van der Waals surface area contributed by atoms with Crippen LogP contribution < -0.4 is 0 Å². The maximum atomic E-state index is 5.41. The SMILES string of the molecule is Cc1ccc(C(=S)C=Cc2ccc(I)cc2)cc1.Cc1ccc(C(=S)C=Cc2cccc(I)c2)cc1. The van der Waals surface area contributed by atoms with Crippen LogP contribution in [0.3, 0.4) is 0 Å². The van der Waals surface area contributed by atoms with Gasteiger partial charge in [-0.05, 0) is 118 Å². The topological polar surface area (TPSA) is 0 Å². The Morgan fingerprint density at radius 1 is 0.556 bits per heavy atom. The Morgan fingerprint density at radius 2 is 1.03 bits per heavy atom. The molecule has 0 N–H and O–H groups in total. The first kappa shape index (κ1) is 28.6. The van der Waals surface area contributed by atoms with Crippen molar-refractivity contribution in [3.8, 4) is 0 Å². The lowest BCUT2D eigenvalue weighted by Gasteiger charge is -2.00. The van der Waals surface area contributed by atoms with Gasteiger partial charge >= 0.3 is 0 Å². The highest BCUT2D eigenvalue weighted by atomic mass is 127. The van der Waals surface area contributed by atoms with Crippen LogP contribution in [0.4, 0.5) is 0 Å². The predicted octanol–water partition coefficient (Wildman–Crippen LogP) is 10.1. The summed E-state index contributed by atoms with van der Waals surface area (Å²) in [6, 6.07) is 33.3. The van der Waals surface area contributed by atoms with Gasteiger partial charge in [0.25, 0.3) is 0 Å². The zero-order valence-corrected chi connectivity index (χ0v) is 26.1. The first-order chi connectivity index (χ1) is 17.3. The van der Waals surface area contributed by atoms with Gasteiger partial charge in [0.05, 0.1) is 0 Å². The Labute approximate surface area is 252 Å². The molecule has 0 aromatic heterocycles. The molecule has 4 aromatic rings. The molecule has 0 unspecified atom stereocenters. The lowest BCUT2D eigenvalue weighted by Crippen LogP contribution is -1.91. The summed E-state index contributed by atoms with van der Waals surface area (Å²) in [4.78, 5) is 1.74. The zero-order chi connectivity index (χ0) is 25.9. The third kappa shape index (κ3) is 9.81. The molecule has 0 atom stereocenters. The highest BCUT2D eigenvalue weighted by Crippen LogP contribution is 2.12. The molecule has 4 heteroatoms. The largest absolute Gasteiger partial charge is 0.0795 e. The van der Waals surface area contributed by atoms with E-state index >= 15 is 0 Å². The van der Waals surface area contributed by atoms with E-state index in [1.807, 2.05) is 12.2 Å². The summed E-state index contributed by atoms with van der Waals surface area (Å²) in [5.74, 6) is 0. The Balaban J connectivity index is 0.000000201. The summed E-state index contributed by atoms with van der Waals surface area (Å²) in [5, 5.41) is 0. The summed E-state index contributed by atoms with van der Waals surface area (Å²) in [7, 11) is 0. The molecule has 4 rings (SSSR count). The average Bonchev–Trinajstić information content (AvgIpc) is 2.88. The standard InChI is InChI=1S/2C16H13IS/c1-12-2-7-14(8-3-12)16(18)11-6-13-4-9-15(17)10-5-13;1-12-5-8-14(9-6-12)16(18)10-7-13-3-2-4-15(17)11-13/h2*2-11H,1H3. The Morgan fingerprint density at radius 3 is 1.50 bits per heavy atom. The molecule has 0 aliphatic carbocycles. The fourth-order valence-electron chi connectivity index (χ4n) is 3.16. The van der Waals surface area contributed by atoms with Crippen LogP contribution in [0.2, 0.25) is 0 Å². The van der Waals surface area contributed by atoms with Crippen molar-refractivity contribution in [1.82, 2.24) is 0 Å². The van der Waals surface area contributed by atoms with Crippen molar-refractivity contribution in [3.63, 3.8) is 0 Å². The third-order valence-corrected chi connectivity index (χ3v) is 7.38. The van der Waals surface area contributed by atoms with Gasteiger partial charge in [-0.3, -0.25) is 0 Å². The molecule has 0 nitrogen and oxygen atoms in total. The van der Waals surface area contributed by atoms with Gasteiger partial charge in [-0.1, -0.05) is 121 Å². The second kappa shape index (κ2) is 14.7. The van der Waals surface area contributed by atoms with Gasteiger partial charge in [-0.25, -0.2) is 0 Å². The number of hydrogen-bond donors (Lipinski definition) is 0. The van der Waals surface area contributed by atoms with Crippen LogP contribution in [0.25, 0.3) is 12.2 Å². The normalized spacial score (nSPS) is 10.8. The molecule has 0 aliphatic heterocycles. The van der Waals surface area contributed by atoms with E-state index in [1.54, 1.807) is 0 Å². The molecular weight excluding hydrogens is 702 g/mol. The molecule has 4 aromatic carbocycles. The summed E-state index contributed by atoms with van der Waals surface area (Å²) in [6.45, 7) is 4.16. The van der Waals surface area contributed by atoms with E-state index in [0.717, 1.165) is 20.9 Å². The molecule has 0 saturated carbocycles. The molecule has 0 bridgehead atoms. The van der Waals surface area contributed by atoms with Crippen molar-refractivity contribution in [1.29, 1.82) is 0 Å². The smallest absolute Gasteiger partial charge is 0.0449 e. The number of halogens is 2. The van der Waals surface area contributed by atoms with Crippen LogP contribution in [-0.4, -0.2) is 9.73 Å². The van der Waals surface area contributed by atoms with E-state index in [9.17, 15) is 0 Å². The molecular formula is C32H26I2S2. The number of hydrogen-bond acceptors (Lipinski definition) is 2. The first-order valence-electron chi connectivity index (χ1n) is 11.4. The Hall–Kier alpha value is -2.00. The molecule has 0 fully saturated rings. The average molecular weight is 729 g/mol. The molecule has 0 heterocycles. The number of aryl methyl sites for hydroxylation is 2. The van der Waals surface area contributed by atoms with E-state index in [-0.39, 0.29) is 0 Å². The minimum atomic E-state index is 0.869. The van der Waals surface area contributed by atoms with Gasteiger partial charge in [0, 0.05) is 16.9 Å². The highest BCUT2D eigenvalue weighted by molar-refractivity contribution is 14.1. The van der Waals surface area contributed by atoms with E-state index < -0.39 is 0 Å². The molecule has 0 aliphatic rings. The summed E-state index contributed by atoms with van der Waals surface area (Å²) < 4.78 is 2.47. The monoisotopic (exact) mass is 728 g/mol. The quantitative estimate of drug-likeness (QED) is 0.0840. The molecule has 0 radical (unpaired) electrons. The predicted molar refractivity (Wildman–Crippen MR) is 182 cm³/mol. The van der Waals surface area contributed by atoms with Crippen LogP contribution in [0.15, 0.2) is 109 Å². The second-order valence-electron chi connectivity index (χ2n) is 8.23. The van der Waals surface area contributed by atoms with Crippen LogP contribution in [0.5, 0.6) is 0 Å². The van der Waals surface area contributed by atoms with Crippen molar-refractivity contribution < 1.29 is 0 Å². The minimum absolute atomic E-state index is 0.869. The van der Waals surface area contributed by atoms with E-state index in [1.165, 1.54) is 29.4 Å². The van der Waals surface area contributed by atoms with Gasteiger partial charge in [0.2, 0.25) is 0 Å². The summed E-state index contributed by atoms with van der Waals surface area (Å²) in [6.07, 6.45) is 8.09. The summed E-state index contributed by atoms with van der Waals surface area (Å²) >= 11 is 15.4. The lowest BCUT2D eigenvalue weighted by atomic mass is 10.1. The first-order valence-corrected chi connectivity index (χ1v) is 14.4. The Kier molecular flexibility index (Phi) is 11.6. The Bertz CT molecular complexity index is 1370. The molecule has 36 heavy (non-hydrogen) atoms. The van der Waals surface area contributed by atoms with E-state index in [4.69, 9.17) is 24.4 Å². The van der Waals surface area contributed by atoms with Gasteiger partial charge in [0.15, 0.2) is 0 Å². The van der Waals surface area contributed by atoms with Crippen LogP contribution >= 0.6 is 69.6 Å². The number of thiocarbonyl (C=S) groups is 2. The molecule has 0 saturated heterocycles. The van der Waals surface area contributed by atoms with Crippen molar-refractivity contribution in [2.75, 3.05) is 0 Å². The van der Waals surface area contributed by atoms with E-state index in [0.29, 0.717) is 0 Å². The number of allylic oxidation sites excluding steroid dienone is 2. The fraction of sp³-hybridized carbons (Fsp3) is 0.0625. The third-order valence-electron chi connectivity index (χ3n) is 5.25. The maximum Gasteiger partial charge on any atom is 0.0449 e. The van der Waals surface area contributed by atoms with Gasteiger partial charge in [0.1, 0.15) is 0 Å². The highest BCUT2D eigenvalue weighted by Gasteiger charge is 1.98. The number of rotatable bonds is 6. The maximum absolute atomic E-state index is 5.41. The zero-order valence-electron chi connectivity index (χ0n) is 20.1. The fourth-order valence-corrected chi connectivity index (χ4v) is 4.49. The van der Waals surface area contributed by atoms with Gasteiger partial charge in [-0.15, -0.1) is 0 Å². The van der Waals surface area contributed by atoms with Crippen LogP contribution in [-0.2, 0) is 0 Å². The molecule has 180 valence electrons. The van der Waals surface area contributed by atoms with Crippen molar-refractivity contribution in [2.45, 2.75) is 13.8 Å². The van der Waals surface area contributed by atoms with Gasteiger partial charge < -0.3 is 0 Å².